The number of piperidine rings is 1. The van der Waals surface area contributed by atoms with Gasteiger partial charge in [0.25, 0.3) is 0 Å². The molecule has 0 bridgehead atoms. The molecule has 10 heteroatoms. The summed E-state index contributed by atoms with van der Waals surface area (Å²) in [6.45, 7) is 7.82. The first-order valence-electron chi connectivity index (χ1n) is 14.3. The Bertz CT molecular complexity index is 1410. The van der Waals surface area contributed by atoms with Gasteiger partial charge < -0.3 is 19.7 Å². The lowest BCUT2D eigenvalue weighted by molar-refractivity contribution is 0.0442. The molecule has 224 valence electrons. The van der Waals surface area contributed by atoms with Gasteiger partial charge in [-0.2, -0.15) is 0 Å². The number of nitrogens with one attached hydrogen (secondary N) is 1. The average molecular weight is 694 g/mol. The lowest BCUT2D eigenvalue weighted by Crippen LogP contribution is -2.51. The second-order valence-corrected chi connectivity index (χ2v) is 14.5. The van der Waals surface area contributed by atoms with Crippen LogP contribution < -0.4 is 15.0 Å². The molecule has 2 aromatic carbocycles. The van der Waals surface area contributed by atoms with Gasteiger partial charge in [0.05, 0.1) is 15.7 Å². The largest absolute Gasteiger partial charge is 0.486 e. The third-order valence-corrected chi connectivity index (χ3v) is 10.5. The lowest BCUT2D eigenvalue weighted by atomic mass is 9.74. The number of amides is 1. The molecule has 0 unspecified atom stereocenters. The van der Waals surface area contributed by atoms with E-state index in [4.69, 9.17) is 37.7 Å². The number of nitrogens with zero attached hydrogens (tertiary/aromatic N) is 2. The zero-order valence-corrected chi connectivity index (χ0v) is 28.0. The molecule has 1 aliphatic heterocycles. The predicted octanol–water partition coefficient (Wildman–Crippen LogP) is 9.54. The monoisotopic (exact) mass is 691 g/mol. The Morgan fingerprint density at radius 1 is 1.12 bits per heavy atom. The molecule has 1 amide bonds. The van der Waals surface area contributed by atoms with Crippen LogP contribution in [0.3, 0.4) is 0 Å². The number of aromatic nitrogens is 1. The Labute approximate surface area is 271 Å². The fraction of sp³-hybridized carbons (Fsp3) is 0.438. The standard InChI is InChI=1S/C32H36BrCl2N3O3S/c1-31(2,3)41-30(39)36-26-13-8-14-32(26)15-17-38(18-16-32)23-19-24(40-20-21-9-5-4-6-10-21)29(37-28(23)33)42-25-12-7-11-22(34)27(25)35/h4-7,9-12,19,26H,8,13-18,20H2,1-3H3,(H,36,39)/t26-/m1/s1. The van der Waals surface area contributed by atoms with E-state index in [1.165, 1.54) is 11.8 Å². The van der Waals surface area contributed by atoms with E-state index in [0.717, 1.165) is 65.9 Å². The molecule has 1 atom stereocenters. The second-order valence-electron chi connectivity index (χ2n) is 12.0. The smallest absolute Gasteiger partial charge is 0.407 e. The summed E-state index contributed by atoms with van der Waals surface area (Å²) in [5.74, 6) is 0.684. The van der Waals surface area contributed by atoms with Gasteiger partial charge in [-0.05, 0) is 85.5 Å². The Balaban J connectivity index is 1.35. The van der Waals surface area contributed by atoms with Gasteiger partial charge in [0.15, 0.2) is 5.75 Å². The van der Waals surface area contributed by atoms with Crippen molar-refractivity contribution in [3.8, 4) is 5.75 Å². The van der Waals surface area contributed by atoms with Crippen molar-refractivity contribution >= 4 is 62.7 Å². The highest BCUT2D eigenvalue weighted by Crippen LogP contribution is 2.49. The molecular formula is C32H36BrCl2N3O3S. The number of benzene rings is 2. The van der Waals surface area contributed by atoms with E-state index in [9.17, 15) is 4.79 Å². The number of ether oxygens (including phenoxy) is 2. The van der Waals surface area contributed by atoms with Crippen molar-refractivity contribution < 1.29 is 14.3 Å². The number of carbonyl (C=O) groups is 1. The highest BCUT2D eigenvalue weighted by atomic mass is 79.9. The van der Waals surface area contributed by atoms with Crippen LogP contribution in [-0.4, -0.2) is 35.8 Å². The number of halogens is 3. The van der Waals surface area contributed by atoms with Crippen molar-refractivity contribution in [2.45, 2.75) is 81.0 Å². The third kappa shape index (κ3) is 7.50. The topological polar surface area (TPSA) is 63.7 Å². The first kappa shape index (κ1) is 31.3. The van der Waals surface area contributed by atoms with Crippen molar-refractivity contribution in [3.05, 3.63) is 74.8 Å². The van der Waals surface area contributed by atoms with Gasteiger partial charge in [0.2, 0.25) is 0 Å². The molecule has 6 nitrogen and oxygen atoms in total. The summed E-state index contributed by atoms with van der Waals surface area (Å²) in [6, 6.07) is 17.9. The maximum Gasteiger partial charge on any atom is 0.407 e. The Hall–Kier alpha value is -2.13. The van der Waals surface area contributed by atoms with Gasteiger partial charge >= 0.3 is 6.09 Å². The number of anilines is 1. The fourth-order valence-electron chi connectivity index (χ4n) is 5.85. The van der Waals surface area contributed by atoms with Crippen molar-refractivity contribution in [2.24, 2.45) is 5.41 Å². The van der Waals surface area contributed by atoms with E-state index >= 15 is 0 Å². The minimum Gasteiger partial charge on any atom is -0.486 e. The zero-order valence-electron chi connectivity index (χ0n) is 24.1. The minimum atomic E-state index is -0.513. The van der Waals surface area contributed by atoms with Crippen LogP contribution in [0.4, 0.5) is 10.5 Å². The van der Waals surface area contributed by atoms with Gasteiger partial charge in [0.1, 0.15) is 21.8 Å². The van der Waals surface area contributed by atoms with Crippen LogP contribution in [0.1, 0.15) is 58.4 Å². The molecule has 2 heterocycles. The molecule has 3 aromatic rings. The van der Waals surface area contributed by atoms with Gasteiger partial charge in [-0.25, -0.2) is 9.78 Å². The maximum absolute atomic E-state index is 12.6. The van der Waals surface area contributed by atoms with E-state index in [-0.39, 0.29) is 17.6 Å². The first-order chi connectivity index (χ1) is 20.0. The Morgan fingerprint density at radius 2 is 1.86 bits per heavy atom. The normalized spacial score (nSPS) is 18.2. The number of hydrogen-bond acceptors (Lipinski definition) is 6. The summed E-state index contributed by atoms with van der Waals surface area (Å²) in [4.78, 5) is 20.7. The van der Waals surface area contributed by atoms with E-state index in [0.29, 0.717) is 27.4 Å². The molecule has 2 fully saturated rings. The number of rotatable bonds is 7. The fourth-order valence-corrected chi connectivity index (χ4v) is 7.89. The Morgan fingerprint density at radius 3 is 2.57 bits per heavy atom. The summed E-state index contributed by atoms with van der Waals surface area (Å²) in [7, 11) is 0. The molecule has 1 aliphatic carbocycles. The van der Waals surface area contributed by atoms with Crippen LogP contribution in [0.2, 0.25) is 10.0 Å². The molecule has 1 spiro atoms. The lowest BCUT2D eigenvalue weighted by Gasteiger charge is -2.44. The summed E-state index contributed by atoms with van der Waals surface area (Å²) >= 11 is 18.0. The molecule has 1 N–H and O–H groups in total. The number of pyridine rings is 1. The van der Waals surface area contributed by atoms with E-state index in [1.54, 1.807) is 6.07 Å². The van der Waals surface area contributed by atoms with Gasteiger partial charge in [-0.15, -0.1) is 0 Å². The summed E-state index contributed by atoms with van der Waals surface area (Å²) in [5.41, 5.74) is 1.63. The first-order valence-corrected chi connectivity index (χ1v) is 16.6. The molecule has 1 saturated heterocycles. The molecule has 1 aromatic heterocycles. The molecule has 2 aliphatic rings. The average Bonchev–Trinajstić information content (AvgIpc) is 3.31. The van der Waals surface area contributed by atoms with Crippen LogP contribution in [0.5, 0.6) is 5.75 Å². The van der Waals surface area contributed by atoms with Crippen LogP contribution in [0.15, 0.2) is 69.1 Å². The zero-order chi connectivity index (χ0) is 29.9. The highest BCUT2D eigenvalue weighted by molar-refractivity contribution is 9.10. The molecule has 42 heavy (non-hydrogen) atoms. The quantitative estimate of drug-likeness (QED) is 0.249. The van der Waals surface area contributed by atoms with Crippen LogP contribution >= 0.6 is 50.9 Å². The van der Waals surface area contributed by atoms with Crippen molar-refractivity contribution in [1.82, 2.24) is 10.3 Å². The number of alkyl carbamates (subject to hydrolysis) is 1. The van der Waals surface area contributed by atoms with Crippen LogP contribution in [-0.2, 0) is 11.3 Å². The number of carbonyl (C=O) groups excluding carboxylic acids is 1. The highest BCUT2D eigenvalue weighted by Gasteiger charge is 2.46. The van der Waals surface area contributed by atoms with E-state index in [2.05, 4.69) is 32.2 Å². The summed E-state index contributed by atoms with van der Waals surface area (Å²) < 4.78 is 12.7. The predicted molar refractivity (Wildman–Crippen MR) is 174 cm³/mol. The maximum atomic E-state index is 12.6. The van der Waals surface area contributed by atoms with Crippen molar-refractivity contribution in [2.75, 3.05) is 18.0 Å². The van der Waals surface area contributed by atoms with E-state index < -0.39 is 5.60 Å². The van der Waals surface area contributed by atoms with E-state index in [1.807, 2.05) is 63.2 Å². The Kier molecular flexibility index (Phi) is 9.87. The second kappa shape index (κ2) is 13.2. The SMILES string of the molecule is CC(C)(C)OC(=O)N[C@@H]1CCCC12CCN(c1cc(OCc3ccccc3)c(Sc3cccc(Cl)c3Cl)nc1Br)CC2. The molecule has 5 rings (SSSR count). The number of hydrogen-bond donors (Lipinski definition) is 1. The summed E-state index contributed by atoms with van der Waals surface area (Å²) in [6.07, 6.45) is 4.85. The summed E-state index contributed by atoms with van der Waals surface area (Å²) in [5, 5.41) is 4.89. The van der Waals surface area contributed by atoms with Gasteiger partial charge in [-0.1, -0.05) is 77.8 Å². The van der Waals surface area contributed by atoms with Crippen LogP contribution in [0, 0.1) is 5.41 Å². The van der Waals surface area contributed by atoms with Gasteiger partial charge in [0, 0.05) is 30.1 Å². The van der Waals surface area contributed by atoms with Crippen LogP contribution in [0.25, 0.3) is 0 Å². The van der Waals surface area contributed by atoms with Crippen molar-refractivity contribution in [3.63, 3.8) is 0 Å². The van der Waals surface area contributed by atoms with Crippen molar-refractivity contribution in [1.29, 1.82) is 0 Å². The molecule has 1 saturated carbocycles. The third-order valence-electron chi connectivity index (χ3n) is 7.95. The minimum absolute atomic E-state index is 0.0824. The molecule has 0 radical (unpaired) electrons. The molecular weight excluding hydrogens is 657 g/mol. The van der Waals surface area contributed by atoms with Gasteiger partial charge in [-0.3, -0.25) is 0 Å².